The molecule has 4 nitrogen and oxygen atoms in total. The molecule has 0 radical (unpaired) electrons. The van der Waals surface area contributed by atoms with Gasteiger partial charge < -0.3 is 10.6 Å². The molecule has 1 aliphatic heterocycles. The first-order valence-corrected chi connectivity index (χ1v) is 9.82. The van der Waals surface area contributed by atoms with Crippen LogP contribution in [0.1, 0.15) is 54.8 Å². The first-order valence-electron chi connectivity index (χ1n) is 9.82. The zero-order chi connectivity index (χ0) is 18.5. The minimum Gasteiger partial charge on any atom is -0.378 e. The highest BCUT2D eigenvalue weighted by atomic mass is 16.1. The number of carbonyl (C=O) groups excluding carboxylic acids is 1. The van der Waals surface area contributed by atoms with E-state index in [4.69, 9.17) is 5.26 Å². The third kappa shape index (κ3) is 2.61. The van der Waals surface area contributed by atoms with E-state index in [0.29, 0.717) is 17.4 Å². The number of nitrogens with one attached hydrogen (secondary N) is 2. The van der Waals surface area contributed by atoms with E-state index in [1.54, 1.807) is 6.92 Å². The van der Waals surface area contributed by atoms with E-state index in [1.807, 2.05) is 18.2 Å². The van der Waals surface area contributed by atoms with E-state index in [1.165, 1.54) is 36.1 Å². The van der Waals surface area contributed by atoms with Crippen molar-refractivity contribution >= 4 is 17.3 Å². The Morgan fingerprint density at radius 2 is 1.93 bits per heavy atom. The Labute approximate surface area is 159 Å². The summed E-state index contributed by atoms with van der Waals surface area (Å²) < 4.78 is 0. The van der Waals surface area contributed by atoms with Crippen LogP contribution in [0.2, 0.25) is 0 Å². The average molecular weight is 357 g/mol. The van der Waals surface area contributed by atoms with Crippen LogP contribution in [-0.4, -0.2) is 5.91 Å². The largest absolute Gasteiger partial charge is 0.378 e. The van der Waals surface area contributed by atoms with Crippen LogP contribution in [0.25, 0.3) is 0 Å². The lowest BCUT2D eigenvalue weighted by Crippen LogP contribution is -2.35. The third-order valence-electron chi connectivity index (χ3n) is 6.81. The number of fused-ring (bicyclic) bond motifs is 7. The average Bonchev–Trinajstić information content (AvgIpc) is 3.29. The molecule has 0 aromatic heterocycles. The van der Waals surface area contributed by atoms with Gasteiger partial charge >= 0.3 is 0 Å². The van der Waals surface area contributed by atoms with Crippen LogP contribution in [0.4, 0.5) is 11.4 Å². The molecule has 4 heteroatoms. The van der Waals surface area contributed by atoms with E-state index < -0.39 is 0 Å². The minimum absolute atomic E-state index is 0.0290. The van der Waals surface area contributed by atoms with Gasteiger partial charge in [0.05, 0.1) is 17.7 Å². The summed E-state index contributed by atoms with van der Waals surface area (Å²) >= 11 is 0. The molecule has 136 valence electrons. The maximum Gasteiger partial charge on any atom is 0.221 e. The summed E-state index contributed by atoms with van der Waals surface area (Å²) in [5.74, 6) is 2.60. The highest BCUT2D eigenvalue weighted by Crippen LogP contribution is 2.63. The number of rotatable bonds is 2. The topological polar surface area (TPSA) is 64.9 Å². The predicted molar refractivity (Wildman–Crippen MR) is 105 cm³/mol. The molecule has 1 heterocycles. The standard InChI is InChI=1S/C23H23N3O/c1-13(27)25-18-8-9-20-19(11-18)21-16-6-7-17(10-16)22(21)23(26-20)15-4-2-14(12-24)3-5-15/h2-5,8-9,11,16-17,21-23,26H,6-7,10H2,1H3,(H,25,27)/t16-,17-,21-,22+,23-/m0/s1. The second kappa shape index (κ2) is 6.13. The SMILES string of the molecule is CC(=O)Nc1ccc2c(c1)[C@@H]1[C@H]3CC[C@@H](C3)[C@H]1[C@H](c1ccc(C#N)cc1)N2. The van der Waals surface area contributed by atoms with Gasteiger partial charge in [-0.2, -0.15) is 5.26 Å². The molecule has 5 rings (SSSR count). The van der Waals surface area contributed by atoms with E-state index in [2.05, 4.69) is 41.0 Å². The first kappa shape index (κ1) is 16.4. The van der Waals surface area contributed by atoms with Crippen LogP contribution in [0.3, 0.4) is 0 Å². The van der Waals surface area contributed by atoms with Gasteiger partial charge in [0.1, 0.15) is 0 Å². The number of benzene rings is 2. The number of amides is 1. The molecule has 5 atom stereocenters. The molecule has 27 heavy (non-hydrogen) atoms. The molecule has 2 aliphatic carbocycles. The lowest BCUT2D eigenvalue weighted by atomic mass is 9.68. The fourth-order valence-electron chi connectivity index (χ4n) is 5.86. The van der Waals surface area contributed by atoms with Crippen molar-refractivity contribution < 1.29 is 4.79 Å². The second-order valence-corrected chi connectivity index (χ2v) is 8.28. The molecule has 2 aromatic carbocycles. The summed E-state index contributed by atoms with van der Waals surface area (Å²) in [6.07, 6.45) is 3.95. The fraction of sp³-hybridized carbons (Fsp3) is 0.391. The Balaban J connectivity index is 1.56. The van der Waals surface area contributed by atoms with Crippen molar-refractivity contribution in [2.45, 2.75) is 38.1 Å². The van der Waals surface area contributed by atoms with Gasteiger partial charge in [0.2, 0.25) is 5.91 Å². The molecule has 0 unspecified atom stereocenters. The summed E-state index contributed by atoms with van der Waals surface area (Å²) in [6.45, 7) is 1.55. The molecule has 2 aromatic rings. The van der Waals surface area contributed by atoms with Crippen molar-refractivity contribution in [1.82, 2.24) is 0 Å². The molecular formula is C23H23N3O. The van der Waals surface area contributed by atoms with Crippen molar-refractivity contribution in [3.63, 3.8) is 0 Å². The van der Waals surface area contributed by atoms with Crippen LogP contribution in [-0.2, 0) is 4.79 Å². The van der Waals surface area contributed by atoms with Crippen LogP contribution < -0.4 is 10.6 Å². The predicted octanol–water partition coefficient (Wildman–Crippen LogP) is 4.81. The number of hydrogen-bond acceptors (Lipinski definition) is 3. The Morgan fingerprint density at radius 1 is 1.15 bits per heavy atom. The normalized spacial score (nSPS) is 30.0. The highest BCUT2D eigenvalue weighted by Gasteiger charge is 2.53. The summed E-state index contributed by atoms with van der Waals surface area (Å²) in [5, 5.41) is 15.8. The number of nitriles is 1. The first-order chi connectivity index (χ1) is 13.1. The number of anilines is 2. The van der Waals surface area contributed by atoms with E-state index in [-0.39, 0.29) is 11.9 Å². The molecule has 1 amide bonds. The summed E-state index contributed by atoms with van der Waals surface area (Å²) in [4.78, 5) is 11.5. The van der Waals surface area contributed by atoms with Crippen molar-refractivity contribution in [3.05, 3.63) is 59.2 Å². The Morgan fingerprint density at radius 3 is 2.67 bits per heavy atom. The van der Waals surface area contributed by atoms with Crippen LogP contribution in [0, 0.1) is 29.1 Å². The zero-order valence-corrected chi connectivity index (χ0v) is 15.4. The van der Waals surface area contributed by atoms with Crippen LogP contribution in [0.5, 0.6) is 0 Å². The van der Waals surface area contributed by atoms with Gasteiger partial charge in [0.15, 0.2) is 0 Å². The van der Waals surface area contributed by atoms with Crippen molar-refractivity contribution in [2.24, 2.45) is 17.8 Å². The molecule has 2 fully saturated rings. The Kier molecular flexibility index (Phi) is 3.72. The van der Waals surface area contributed by atoms with E-state index >= 15 is 0 Å². The van der Waals surface area contributed by atoms with Crippen molar-refractivity contribution in [2.75, 3.05) is 10.6 Å². The van der Waals surface area contributed by atoms with Gasteiger partial charge in [-0.1, -0.05) is 12.1 Å². The molecule has 3 aliphatic rings. The molecule has 0 spiro atoms. The van der Waals surface area contributed by atoms with E-state index in [9.17, 15) is 4.79 Å². The second-order valence-electron chi connectivity index (χ2n) is 8.28. The molecule has 2 saturated carbocycles. The number of nitrogens with zero attached hydrogens (tertiary/aromatic N) is 1. The Bertz CT molecular complexity index is 943. The summed E-state index contributed by atoms with van der Waals surface area (Å²) in [6, 6.07) is 16.8. The van der Waals surface area contributed by atoms with Gasteiger partial charge in [-0.15, -0.1) is 0 Å². The lowest BCUT2D eigenvalue weighted by molar-refractivity contribution is -0.114. The van der Waals surface area contributed by atoms with Crippen molar-refractivity contribution in [1.29, 1.82) is 5.26 Å². The Hall–Kier alpha value is -2.80. The van der Waals surface area contributed by atoms with Gasteiger partial charge in [0.25, 0.3) is 0 Å². The monoisotopic (exact) mass is 357 g/mol. The van der Waals surface area contributed by atoms with Gasteiger partial charge in [0, 0.05) is 18.3 Å². The van der Waals surface area contributed by atoms with Crippen LogP contribution >= 0.6 is 0 Å². The number of carbonyl (C=O) groups is 1. The smallest absolute Gasteiger partial charge is 0.221 e. The van der Waals surface area contributed by atoms with Gasteiger partial charge in [-0.3, -0.25) is 4.79 Å². The van der Waals surface area contributed by atoms with E-state index in [0.717, 1.165) is 17.5 Å². The summed E-state index contributed by atoms with van der Waals surface area (Å²) in [7, 11) is 0. The maximum atomic E-state index is 11.5. The highest BCUT2D eigenvalue weighted by molar-refractivity contribution is 5.89. The minimum atomic E-state index is -0.0290. The van der Waals surface area contributed by atoms with Gasteiger partial charge in [-0.25, -0.2) is 0 Å². The summed E-state index contributed by atoms with van der Waals surface area (Å²) in [5.41, 5.74) is 5.42. The maximum absolute atomic E-state index is 11.5. The number of hydrogen-bond donors (Lipinski definition) is 2. The van der Waals surface area contributed by atoms with Crippen LogP contribution in [0.15, 0.2) is 42.5 Å². The van der Waals surface area contributed by atoms with Gasteiger partial charge in [-0.05, 0) is 84.4 Å². The fourth-order valence-corrected chi connectivity index (χ4v) is 5.86. The molecule has 2 N–H and O–H groups in total. The molecule has 0 saturated heterocycles. The molecular weight excluding hydrogens is 334 g/mol. The lowest BCUT2D eigenvalue weighted by Gasteiger charge is -2.43. The quantitative estimate of drug-likeness (QED) is 0.810. The third-order valence-corrected chi connectivity index (χ3v) is 6.81. The molecule has 2 bridgehead atoms. The van der Waals surface area contributed by atoms with Crippen molar-refractivity contribution in [3.8, 4) is 6.07 Å². The zero-order valence-electron chi connectivity index (χ0n) is 15.4.